The van der Waals surface area contributed by atoms with Crippen LogP contribution in [-0.4, -0.2) is 35.5 Å². The number of rotatable bonds is 4. The molecule has 0 radical (unpaired) electrons. The molecule has 1 fully saturated rings. The van der Waals surface area contributed by atoms with E-state index in [0.29, 0.717) is 5.92 Å². The molecule has 1 aromatic rings. The lowest BCUT2D eigenvalue weighted by Crippen LogP contribution is -2.36. The summed E-state index contributed by atoms with van der Waals surface area (Å²) in [6, 6.07) is 8.65. The van der Waals surface area contributed by atoms with Gasteiger partial charge in [-0.1, -0.05) is 18.2 Å². The van der Waals surface area contributed by atoms with Gasteiger partial charge < -0.3 is 5.11 Å². The fourth-order valence-corrected chi connectivity index (χ4v) is 3.28. The van der Waals surface area contributed by atoms with Crippen LogP contribution in [0.4, 0.5) is 0 Å². The molecule has 0 amide bonds. The maximum Gasteiger partial charge on any atom is 0.0541 e. The van der Waals surface area contributed by atoms with Crippen LogP contribution in [0.5, 0.6) is 0 Å². The summed E-state index contributed by atoms with van der Waals surface area (Å²) < 4.78 is 0. The minimum absolute atomic E-state index is 0.148. The number of hydrogen-bond donors (Lipinski definition) is 1. The van der Waals surface area contributed by atoms with Crippen molar-refractivity contribution in [1.82, 2.24) is 4.90 Å². The predicted octanol–water partition coefficient (Wildman–Crippen LogP) is 3.00. The van der Waals surface area contributed by atoms with Crippen LogP contribution in [0.1, 0.15) is 25.3 Å². The second kappa shape index (κ2) is 6.60. The lowest BCUT2D eigenvalue weighted by molar-refractivity contribution is 0.0693. The van der Waals surface area contributed by atoms with Crippen LogP contribution in [0.3, 0.4) is 0 Å². The Morgan fingerprint density at radius 1 is 1.33 bits per heavy atom. The molecular formula is C15H23NOS. The van der Waals surface area contributed by atoms with Crippen molar-refractivity contribution in [2.45, 2.75) is 37.3 Å². The molecule has 1 atom stereocenters. The van der Waals surface area contributed by atoms with Crippen molar-refractivity contribution in [3.8, 4) is 0 Å². The van der Waals surface area contributed by atoms with Crippen molar-refractivity contribution >= 4 is 11.8 Å². The zero-order valence-electron chi connectivity index (χ0n) is 11.3. The molecule has 0 aromatic heterocycles. The highest BCUT2D eigenvalue weighted by Crippen LogP contribution is 2.25. The van der Waals surface area contributed by atoms with Crippen molar-refractivity contribution in [3.63, 3.8) is 0 Å². The molecule has 1 unspecified atom stereocenters. The lowest BCUT2D eigenvalue weighted by Gasteiger charge is -2.33. The minimum Gasteiger partial charge on any atom is -0.393 e. The van der Waals surface area contributed by atoms with Crippen molar-refractivity contribution in [2.75, 3.05) is 19.3 Å². The molecule has 18 heavy (non-hydrogen) atoms. The first-order valence-corrected chi connectivity index (χ1v) is 7.95. The Kier molecular flexibility index (Phi) is 5.10. The van der Waals surface area contributed by atoms with Gasteiger partial charge in [0.25, 0.3) is 0 Å². The van der Waals surface area contributed by atoms with E-state index in [9.17, 15) is 5.11 Å². The van der Waals surface area contributed by atoms with Crippen LogP contribution in [0.2, 0.25) is 0 Å². The molecule has 1 N–H and O–H groups in total. The zero-order chi connectivity index (χ0) is 13.0. The number of aliphatic hydroxyl groups is 1. The monoisotopic (exact) mass is 265 g/mol. The van der Waals surface area contributed by atoms with Crippen molar-refractivity contribution < 1.29 is 5.11 Å². The smallest absolute Gasteiger partial charge is 0.0541 e. The standard InChI is InChI=1S/C15H23NOS/c1-12(17)13-7-9-16(10-8-13)11-14-5-3-4-6-15(14)18-2/h3-6,12-13,17H,7-11H2,1-2H3. The Morgan fingerprint density at radius 3 is 2.61 bits per heavy atom. The molecule has 100 valence electrons. The maximum absolute atomic E-state index is 9.61. The van der Waals surface area contributed by atoms with E-state index >= 15 is 0 Å². The summed E-state index contributed by atoms with van der Waals surface area (Å²) in [7, 11) is 0. The minimum atomic E-state index is -0.148. The molecule has 2 nitrogen and oxygen atoms in total. The van der Waals surface area contributed by atoms with Gasteiger partial charge in [0.05, 0.1) is 6.10 Å². The largest absolute Gasteiger partial charge is 0.393 e. The molecular weight excluding hydrogens is 242 g/mol. The number of piperidine rings is 1. The van der Waals surface area contributed by atoms with E-state index in [1.54, 1.807) is 0 Å². The summed E-state index contributed by atoms with van der Waals surface area (Å²) in [5.74, 6) is 0.497. The lowest BCUT2D eigenvalue weighted by atomic mass is 9.92. The van der Waals surface area contributed by atoms with E-state index < -0.39 is 0 Å². The first-order chi connectivity index (χ1) is 8.70. The fraction of sp³-hybridized carbons (Fsp3) is 0.600. The topological polar surface area (TPSA) is 23.5 Å². The van der Waals surface area contributed by atoms with Crippen molar-refractivity contribution in [1.29, 1.82) is 0 Å². The van der Waals surface area contributed by atoms with Crippen LogP contribution in [0, 0.1) is 5.92 Å². The predicted molar refractivity (Wildman–Crippen MR) is 77.9 cm³/mol. The number of hydrogen-bond acceptors (Lipinski definition) is 3. The van der Waals surface area contributed by atoms with Gasteiger partial charge in [0.2, 0.25) is 0 Å². The van der Waals surface area contributed by atoms with Gasteiger partial charge in [-0.2, -0.15) is 0 Å². The fourth-order valence-electron chi connectivity index (χ4n) is 2.67. The molecule has 3 heteroatoms. The first kappa shape index (κ1) is 13.9. The highest BCUT2D eigenvalue weighted by Gasteiger charge is 2.22. The number of likely N-dealkylation sites (tertiary alicyclic amines) is 1. The third kappa shape index (κ3) is 3.50. The summed E-state index contributed by atoms with van der Waals surface area (Å²) in [5.41, 5.74) is 1.43. The van der Waals surface area contributed by atoms with E-state index in [0.717, 1.165) is 32.5 Å². The van der Waals surface area contributed by atoms with Crippen LogP contribution < -0.4 is 0 Å². The number of benzene rings is 1. The average molecular weight is 265 g/mol. The maximum atomic E-state index is 9.61. The molecule has 1 aliphatic heterocycles. The van der Waals surface area contributed by atoms with Gasteiger partial charge in [0.15, 0.2) is 0 Å². The van der Waals surface area contributed by atoms with Gasteiger partial charge in [-0.25, -0.2) is 0 Å². The van der Waals surface area contributed by atoms with Crippen molar-refractivity contribution in [3.05, 3.63) is 29.8 Å². The van der Waals surface area contributed by atoms with E-state index in [-0.39, 0.29) is 6.10 Å². The normalized spacial score (nSPS) is 19.9. The van der Waals surface area contributed by atoms with Gasteiger partial charge >= 0.3 is 0 Å². The second-order valence-corrected chi connectivity index (χ2v) is 6.01. The van der Waals surface area contributed by atoms with Crippen LogP contribution in [0.15, 0.2) is 29.2 Å². The summed E-state index contributed by atoms with van der Waals surface area (Å²) in [6.07, 6.45) is 4.24. The summed E-state index contributed by atoms with van der Waals surface area (Å²) in [4.78, 5) is 3.89. The molecule has 1 aliphatic rings. The highest BCUT2D eigenvalue weighted by molar-refractivity contribution is 7.98. The van der Waals surface area contributed by atoms with Crippen LogP contribution in [-0.2, 0) is 6.54 Å². The van der Waals surface area contributed by atoms with Gasteiger partial charge in [-0.3, -0.25) is 4.90 Å². The summed E-state index contributed by atoms with van der Waals surface area (Å²) in [6.45, 7) is 5.18. The summed E-state index contributed by atoms with van der Waals surface area (Å²) in [5, 5.41) is 9.61. The Bertz CT molecular complexity index is 373. The Balaban J connectivity index is 1.91. The van der Waals surface area contributed by atoms with E-state index in [1.165, 1.54) is 10.5 Å². The highest BCUT2D eigenvalue weighted by atomic mass is 32.2. The molecule has 1 heterocycles. The zero-order valence-corrected chi connectivity index (χ0v) is 12.1. The van der Waals surface area contributed by atoms with E-state index in [4.69, 9.17) is 0 Å². The van der Waals surface area contributed by atoms with Crippen molar-refractivity contribution in [2.24, 2.45) is 5.92 Å². The molecule has 1 saturated heterocycles. The molecule has 1 aromatic carbocycles. The first-order valence-electron chi connectivity index (χ1n) is 6.73. The second-order valence-electron chi connectivity index (χ2n) is 5.17. The Hall–Kier alpha value is -0.510. The molecule has 0 saturated carbocycles. The quantitative estimate of drug-likeness (QED) is 0.847. The third-order valence-corrected chi connectivity index (χ3v) is 4.74. The number of nitrogens with zero attached hydrogens (tertiary/aromatic N) is 1. The third-order valence-electron chi connectivity index (χ3n) is 3.90. The number of aliphatic hydroxyl groups excluding tert-OH is 1. The molecule has 2 rings (SSSR count). The molecule has 0 bridgehead atoms. The van der Waals surface area contributed by atoms with Crippen LogP contribution in [0.25, 0.3) is 0 Å². The van der Waals surface area contributed by atoms with E-state index in [2.05, 4.69) is 35.4 Å². The Labute approximate surface area is 114 Å². The van der Waals surface area contributed by atoms with Gasteiger partial charge in [-0.15, -0.1) is 11.8 Å². The summed E-state index contributed by atoms with van der Waals surface area (Å²) >= 11 is 1.82. The average Bonchev–Trinajstić information content (AvgIpc) is 2.40. The van der Waals surface area contributed by atoms with Gasteiger partial charge in [0.1, 0.15) is 0 Å². The van der Waals surface area contributed by atoms with Gasteiger partial charge in [-0.05, 0) is 56.7 Å². The molecule has 0 aliphatic carbocycles. The number of thioether (sulfide) groups is 1. The van der Waals surface area contributed by atoms with Crippen LogP contribution >= 0.6 is 11.8 Å². The SMILES string of the molecule is CSc1ccccc1CN1CCC(C(C)O)CC1. The Morgan fingerprint density at radius 2 is 2.00 bits per heavy atom. The van der Waals surface area contributed by atoms with Gasteiger partial charge in [0, 0.05) is 11.4 Å². The molecule has 0 spiro atoms. The van der Waals surface area contributed by atoms with E-state index in [1.807, 2.05) is 18.7 Å².